The first-order valence-electron chi connectivity index (χ1n) is 5.36. The van der Waals surface area contributed by atoms with Gasteiger partial charge in [0, 0.05) is 24.5 Å². The molecule has 16 heavy (non-hydrogen) atoms. The van der Waals surface area contributed by atoms with Gasteiger partial charge in [-0.15, -0.1) is 0 Å². The Morgan fingerprint density at radius 2 is 1.94 bits per heavy atom. The van der Waals surface area contributed by atoms with Crippen molar-refractivity contribution < 1.29 is 0 Å². The molecule has 0 amide bonds. The van der Waals surface area contributed by atoms with Crippen LogP contribution in [0, 0.1) is 0 Å². The summed E-state index contributed by atoms with van der Waals surface area (Å²) in [6.45, 7) is 3.03. The molecule has 1 N–H and O–H groups in total. The summed E-state index contributed by atoms with van der Waals surface area (Å²) in [6.07, 6.45) is 8.07. The average molecular weight is 214 g/mol. The lowest BCUT2D eigenvalue weighted by Crippen LogP contribution is -2.02. The summed E-state index contributed by atoms with van der Waals surface area (Å²) in [7, 11) is 0. The van der Waals surface area contributed by atoms with E-state index in [2.05, 4.69) is 27.2 Å². The van der Waals surface area contributed by atoms with Crippen LogP contribution < -0.4 is 5.32 Å². The molecule has 2 aromatic rings. The second kappa shape index (κ2) is 5.21. The summed E-state index contributed by atoms with van der Waals surface area (Å²) in [4.78, 5) is 12.6. The van der Waals surface area contributed by atoms with Crippen molar-refractivity contribution >= 4 is 5.82 Å². The molecule has 2 aromatic heterocycles. The van der Waals surface area contributed by atoms with E-state index in [1.165, 1.54) is 0 Å². The summed E-state index contributed by atoms with van der Waals surface area (Å²) in [6, 6.07) is 3.85. The van der Waals surface area contributed by atoms with Crippen molar-refractivity contribution in [1.82, 2.24) is 15.0 Å². The van der Waals surface area contributed by atoms with Crippen LogP contribution in [0.3, 0.4) is 0 Å². The molecule has 0 saturated heterocycles. The Labute approximate surface area is 94.8 Å². The van der Waals surface area contributed by atoms with Crippen molar-refractivity contribution in [3.05, 3.63) is 36.9 Å². The Bertz CT molecular complexity index is 442. The van der Waals surface area contributed by atoms with Gasteiger partial charge in [-0.3, -0.25) is 9.97 Å². The van der Waals surface area contributed by atoms with Gasteiger partial charge in [-0.2, -0.15) is 0 Å². The number of nitrogens with one attached hydrogen (secondary N) is 1. The first-order valence-corrected chi connectivity index (χ1v) is 5.36. The Balaban J connectivity index is 2.22. The van der Waals surface area contributed by atoms with E-state index in [4.69, 9.17) is 0 Å². The van der Waals surface area contributed by atoms with Gasteiger partial charge in [0.1, 0.15) is 5.82 Å². The summed E-state index contributed by atoms with van der Waals surface area (Å²) >= 11 is 0. The van der Waals surface area contributed by atoms with E-state index in [1.54, 1.807) is 24.8 Å². The molecule has 0 aromatic carbocycles. The molecule has 0 radical (unpaired) electrons. The van der Waals surface area contributed by atoms with Crippen LogP contribution in [-0.4, -0.2) is 21.5 Å². The van der Waals surface area contributed by atoms with Crippen LogP contribution >= 0.6 is 0 Å². The van der Waals surface area contributed by atoms with Gasteiger partial charge in [-0.1, -0.05) is 6.92 Å². The predicted octanol–water partition coefficient (Wildman–Crippen LogP) is 2.36. The standard InChI is InChI=1S/C12H14N4/c1-2-5-15-12-9-14-8-11(16-12)10-3-6-13-7-4-10/h3-4,6-9H,2,5H2,1H3,(H,15,16). The van der Waals surface area contributed by atoms with E-state index >= 15 is 0 Å². The monoisotopic (exact) mass is 214 g/mol. The first-order chi connectivity index (χ1) is 7.90. The SMILES string of the molecule is CCCNc1cncc(-c2ccncc2)n1. The number of rotatable bonds is 4. The van der Waals surface area contributed by atoms with Crippen LogP contribution in [-0.2, 0) is 0 Å². The van der Waals surface area contributed by atoms with E-state index in [9.17, 15) is 0 Å². The van der Waals surface area contributed by atoms with E-state index < -0.39 is 0 Å². The van der Waals surface area contributed by atoms with Crippen LogP contribution in [0.4, 0.5) is 5.82 Å². The fourth-order valence-corrected chi connectivity index (χ4v) is 1.37. The van der Waals surface area contributed by atoms with E-state index in [0.29, 0.717) is 0 Å². The fourth-order valence-electron chi connectivity index (χ4n) is 1.37. The molecule has 0 atom stereocenters. The normalized spacial score (nSPS) is 10.1. The number of hydrogen-bond acceptors (Lipinski definition) is 4. The van der Waals surface area contributed by atoms with Crippen LogP contribution in [0.2, 0.25) is 0 Å². The molecule has 4 heteroatoms. The average Bonchev–Trinajstić information content (AvgIpc) is 2.38. The minimum Gasteiger partial charge on any atom is -0.369 e. The van der Waals surface area contributed by atoms with Gasteiger partial charge in [-0.25, -0.2) is 4.98 Å². The number of aromatic nitrogens is 3. The zero-order valence-corrected chi connectivity index (χ0v) is 9.22. The summed E-state index contributed by atoms with van der Waals surface area (Å²) in [5, 5.41) is 3.22. The van der Waals surface area contributed by atoms with Crippen molar-refractivity contribution in [1.29, 1.82) is 0 Å². The minimum atomic E-state index is 0.816. The Hall–Kier alpha value is -1.97. The molecule has 0 aliphatic heterocycles. The molecule has 0 bridgehead atoms. The third kappa shape index (κ3) is 2.53. The highest BCUT2D eigenvalue weighted by molar-refractivity contribution is 5.58. The number of nitrogens with zero attached hydrogens (tertiary/aromatic N) is 3. The second-order valence-electron chi connectivity index (χ2n) is 3.45. The maximum Gasteiger partial charge on any atom is 0.145 e. The van der Waals surface area contributed by atoms with E-state index in [1.807, 2.05) is 12.1 Å². The molecule has 0 aliphatic carbocycles. The number of anilines is 1. The second-order valence-corrected chi connectivity index (χ2v) is 3.45. The Morgan fingerprint density at radius 3 is 2.69 bits per heavy atom. The zero-order chi connectivity index (χ0) is 11.2. The van der Waals surface area contributed by atoms with Gasteiger partial charge in [0.05, 0.1) is 18.1 Å². The predicted molar refractivity (Wildman–Crippen MR) is 64.0 cm³/mol. The van der Waals surface area contributed by atoms with Crippen LogP contribution in [0.1, 0.15) is 13.3 Å². The molecular weight excluding hydrogens is 200 g/mol. The largest absolute Gasteiger partial charge is 0.369 e. The zero-order valence-electron chi connectivity index (χ0n) is 9.22. The number of hydrogen-bond donors (Lipinski definition) is 1. The van der Waals surface area contributed by atoms with Gasteiger partial charge in [0.15, 0.2) is 0 Å². The molecule has 0 fully saturated rings. The molecule has 0 unspecified atom stereocenters. The smallest absolute Gasteiger partial charge is 0.145 e. The molecule has 0 spiro atoms. The third-order valence-electron chi connectivity index (χ3n) is 2.17. The van der Waals surface area contributed by atoms with Gasteiger partial charge in [-0.05, 0) is 18.6 Å². The maximum absolute atomic E-state index is 4.48. The molecular formula is C12H14N4. The molecule has 2 heterocycles. The van der Waals surface area contributed by atoms with Crippen molar-refractivity contribution in [3.8, 4) is 11.3 Å². The van der Waals surface area contributed by atoms with E-state index in [0.717, 1.165) is 30.0 Å². The lowest BCUT2D eigenvalue weighted by molar-refractivity contribution is 0.965. The molecule has 82 valence electrons. The highest BCUT2D eigenvalue weighted by Crippen LogP contribution is 2.15. The van der Waals surface area contributed by atoms with Gasteiger partial charge in [0.25, 0.3) is 0 Å². The van der Waals surface area contributed by atoms with Gasteiger partial charge < -0.3 is 5.32 Å². The lowest BCUT2D eigenvalue weighted by atomic mass is 10.2. The fraction of sp³-hybridized carbons (Fsp3) is 0.250. The van der Waals surface area contributed by atoms with Crippen molar-refractivity contribution in [2.75, 3.05) is 11.9 Å². The summed E-state index contributed by atoms with van der Waals surface area (Å²) in [5.41, 5.74) is 1.89. The van der Waals surface area contributed by atoms with Crippen molar-refractivity contribution in [2.24, 2.45) is 0 Å². The third-order valence-corrected chi connectivity index (χ3v) is 2.17. The maximum atomic E-state index is 4.48. The van der Waals surface area contributed by atoms with Crippen LogP contribution in [0.25, 0.3) is 11.3 Å². The van der Waals surface area contributed by atoms with Crippen molar-refractivity contribution in [2.45, 2.75) is 13.3 Å². The number of pyridine rings is 1. The first kappa shape index (κ1) is 10.5. The summed E-state index contributed by atoms with van der Waals surface area (Å²) < 4.78 is 0. The molecule has 4 nitrogen and oxygen atoms in total. The van der Waals surface area contributed by atoms with Crippen LogP contribution in [0.5, 0.6) is 0 Å². The lowest BCUT2D eigenvalue weighted by Gasteiger charge is -2.05. The quantitative estimate of drug-likeness (QED) is 0.848. The Morgan fingerprint density at radius 1 is 1.12 bits per heavy atom. The Kier molecular flexibility index (Phi) is 3.43. The summed E-state index contributed by atoms with van der Waals surface area (Å²) in [5.74, 6) is 0.816. The van der Waals surface area contributed by atoms with Gasteiger partial charge in [0.2, 0.25) is 0 Å². The molecule has 0 saturated carbocycles. The highest BCUT2D eigenvalue weighted by Gasteiger charge is 2.00. The van der Waals surface area contributed by atoms with Crippen molar-refractivity contribution in [3.63, 3.8) is 0 Å². The van der Waals surface area contributed by atoms with E-state index in [-0.39, 0.29) is 0 Å². The molecule has 2 rings (SSSR count). The minimum absolute atomic E-state index is 0.816. The van der Waals surface area contributed by atoms with Gasteiger partial charge >= 0.3 is 0 Å². The van der Waals surface area contributed by atoms with Crippen LogP contribution in [0.15, 0.2) is 36.9 Å². The highest BCUT2D eigenvalue weighted by atomic mass is 15.0. The molecule has 0 aliphatic rings. The topological polar surface area (TPSA) is 50.7 Å².